The zero-order chi connectivity index (χ0) is 7.72. The molecule has 10 heavy (non-hydrogen) atoms. The minimum Gasteiger partial charge on any atom is -0.380 e. The van der Waals surface area contributed by atoms with Crippen molar-refractivity contribution in [3.8, 4) is 0 Å². The molecule has 0 bridgehead atoms. The van der Waals surface area contributed by atoms with Crippen molar-refractivity contribution >= 4 is 5.91 Å². The Labute approximate surface area is 59.2 Å². The minimum absolute atomic E-state index is 0.180. The second-order valence-electron chi connectivity index (χ2n) is 2.20. The van der Waals surface area contributed by atoms with Crippen LogP contribution in [0, 0.1) is 0 Å². The van der Waals surface area contributed by atoms with Crippen molar-refractivity contribution in [3.05, 3.63) is 11.8 Å². The van der Waals surface area contributed by atoms with Crippen LogP contribution in [-0.2, 0) is 9.63 Å². The number of carbonyl (C=O) groups is 1. The van der Waals surface area contributed by atoms with E-state index in [9.17, 15) is 4.79 Å². The molecule has 1 aliphatic heterocycles. The first kappa shape index (κ1) is 7.08. The highest BCUT2D eigenvalue weighted by atomic mass is 16.7. The molecule has 1 aliphatic rings. The van der Waals surface area contributed by atoms with Gasteiger partial charge in [0.2, 0.25) is 0 Å². The molecule has 1 heterocycles. The minimum atomic E-state index is -0.419. The van der Waals surface area contributed by atoms with Gasteiger partial charge in [-0.15, -0.1) is 0 Å². The number of amides is 1. The number of nitrogens with two attached hydrogens (primary N) is 1. The lowest BCUT2D eigenvalue weighted by Gasteiger charge is -2.17. The standard InChI is InChI=1S/C6H10N2O2/c1-4-3-6(7)8(10-4)5(2)9/h3,6H,7H2,1-2H3. The lowest BCUT2D eigenvalue weighted by atomic mass is 10.4. The fourth-order valence-electron chi connectivity index (χ4n) is 0.829. The van der Waals surface area contributed by atoms with E-state index >= 15 is 0 Å². The van der Waals surface area contributed by atoms with Crippen molar-refractivity contribution in [1.29, 1.82) is 0 Å². The summed E-state index contributed by atoms with van der Waals surface area (Å²) in [6.45, 7) is 3.16. The fraction of sp³-hybridized carbons (Fsp3) is 0.500. The van der Waals surface area contributed by atoms with E-state index in [2.05, 4.69) is 0 Å². The van der Waals surface area contributed by atoms with Gasteiger partial charge >= 0.3 is 0 Å². The second-order valence-corrected chi connectivity index (χ2v) is 2.20. The molecule has 0 saturated carbocycles. The van der Waals surface area contributed by atoms with E-state index in [-0.39, 0.29) is 5.91 Å². The molecule has 0 spiro atoms. The Kier molecular flexibility index (Phi) is 1.63. The molecule has 1 rings (SSSR count). The van der Waals surface area contributed by atoms with Gasteiger partial charge in [-0.25, -0.2) is 0 Å². The van der Waals surface area contributed by atoms with E-state index in [1.54, 1.807) is 13.0 Å². The van der Waals surface area contributed by atoms with Crippen LogP contribution in [0.2, 0.25) is 0 Å². The molecule has 1 unspecified atom stereocenters. The predicted octanol–water partition coefficient (Wildman–Crippen LogP) is -0.0313. The third-order valence-electron chi connectivity index (χ3n) is 1.23. The smallest absolute Gasteiger partial charge is 0.253 e. The molecule has 0 aromatic heterocycles. The highest BCUT2D eigenvalue weighted by Gasteiger charge is 2.23. The molecular formula is C6H10N2O2. The first-order valence-corrected chi connectivity index (χ1v) is 3.03. The maximum absolute atomic E-state index is 10.7. The Hall–Kier alpha value is -1.03. The molecule has 4 nitrogen and oxygen atoms in total. The molecule has 0 fully saturated rings. The van der Waals surface area contributed by atoms with Gasteiger partial charge in [0.25, 0.3) is 5.91 Å². The Bertz CT molecular complexity index is 188. The van der Waals surface area contributed by atoms with Crippen LogP contribution in [0.3, 0.4) is 0 Å². The van der Waals surface area contributed by atoms with Crippen LogP contribution in [0.25, 0.3) is 0 Å². The summed E-state index contributed by atoms with van der Waals surface area (Å²) in [7, 11) is 0. The van der Waals surface area contributed by atoms with E-state index in [1.807, 2.05) is 0 Å². The zero-order valence-corrected chi connectivity index (χ0v) is 6.00. The Morgan fingerprint density at radius 3 is 2.70 bits per heavy atom. The van der Waals surface area contributed by atoms with Gasteiger partial charge in [0.05, 0.1) is 0 Å². The normalized spacial score (nSPS) is 24.1. The van der Waals surface area contributed by atoms with Crippen molar-refractivity contribution in [2.75, 3.05) is 0 Å². The summed E-state index contributed by atoms with van der Waals surface area (Å²) in [4.78, 5) is 15.6. The van der Waals surface area contributed by atoms with E-state index < -0.39 is 6.17 Å². The third kappa shape index (κ3) is 1.11. The number of carbonyl (C=O) groups excluding carboxylic acids is 1. The summed E-state index contributed by atoms with van der Waals surface area (Å²) in [6.07, 6.45) is 1.26. The van der Waals surface area contributed by atoms with E-state index in [0.29, 0.717) is 5.76 Å². The Morgan fingerprint density at radius 1 is 1.90 bits per heavy atom. The maximum Gasteiger partial charge on any atom is 0.253 e. The first-order chi connectivity index (χ1) is 4.61. The lowest BCUT2D eigenvalue weighted by Crippen LogP contribution is -2.39. The number of hydrogen-bond acceptors (Lipinski definition) is 3. The molecule has 0 aliphatic carbocycles. The van der Waals surface area contributed by atoms with Crippen LogP contribution in [0.15, 0.2) is 11.8 Å². The SMILES string of the molecule is CC(=O)N1OC(C)=CC1N. The van der Waals surface area contributed by atoms with Crippen molar-refractivity contribution in [1.82, 2.24) is 5.06 Å². The average Bonchev–Trinajstić information content (AvgIpc) is 2.10. The van der Waals surface area contributed by atoms with Crippen LogP contribution >= 0.6 is 0 Å². The largest absolute Gasteiger partial charge is 0.380 e. The van der Waals surface area contributed by atoms with Crippen LogP contribution in [0.5, 0.6) is 0 Å². The molecule has 0 aromatic rings. The van der Waals surface area contributed by atoms with Crippen LogP contribution in [0.1, 0.15) is 13.8 Å². The van der Waals surface area contributed by atoms with Crippen molar-refractivity contribution in [2.45, 2.75) is 20.0 Å². The van der Waals surface area contributed by atoms with E-state index in [1.165, 1.54) is 6.92 Å². The number of hydrogen-bond donors (Lipinski definition) is 1. The first-order valence-electron chi connectivity index (χ1n) is 3.03. The molecule has 1 amide bonds. The van der Waals surface area contributed by atoms with E-state index in [0.717, 1.165) is 5.06 Å². The molecule has 56 valence electrons. The Balaban J connectivity index is 2.63. The van der Waals surface area contributed by atoms with Gasteiger partial charge in [-0.05, 0) is 13.0 Å². The average molecular weight is 142 g/mol. The molecule has 0 aromatic carbocycles. The lowest BCUT2D eigenvalue weighted by molar-refractivity contribution is -0.168. The molecular weight excluding hydrogens is 132 g/mol. The van der Waals surface area contributed by atoms with Gasteiger partial charge in [0.15, 0.2) is 0 Å². The second kappa shape index (κ2) is 2.30. The predicted molar refractivity (Wildman–Crippen MR) is 35.3 cm³/mol. The van der Waals surface area contributed by atoms with Crippen LogP contribution < -0.4 is 5.73 Å². The van der Waals surface area contributed by atoms with Gasteiger partial charge < -0.3 is 10.6 Å². The summed E-state index contributed by atoms with van der Waals surface area (Å²) in [5.41, 5.74) is 5.47. The van der Waals surface area contributed by atoms with E-state index in [4.69, 9.17) is 10.6 Å². The molecule has 1 atom stereocenters. The van der Waals surface area contributed by atoms with Crippen LogP contribution in [-0.4, -0.2) is 17.1 Å². The topological polar surface area (TPSA) is 55.6 Å². The summed E-state index contributed by atoms with van der Waals surface area (Å²) in [6, 6.07) is 0. The van der Waals surface area contributed by atoms with Gasteiger partial charge in [-0.3, -0.25) is 4.79 Å². The zero-order valence-electron chi connectivity index (χ0n) is 6.00. The molecule has 2 N–H and O–H groups in total. The highest BCUT2D eigenvalue weighted by molar-refractivity contribution is 5.73. The Morgan fingerprint density at radius 2 is 2.50 bits per heavy atom. The highest BCUT2D eigenvalue weighted by Crippen LogP contribution is 2.13. The van der Waals surface area contributed by atoms with Crippen LogP contribution in [0.4, 0.5) is 0 Å². The van der Waals surface area contributed by atoms with Crippen molar-refractivity contribution in [3.63, 3.8) is 0 Å². The summed E-state index contributed by atoms with van der Waals surface area (Å²) in [5.74, 6) is 0.489. The molecule has 0 radical (unpaired) electrons. The molecule has 4 heteroatoms. The number of hydroxylamine groups is 2. The summed E-state index contributed by atoms with van der Waals surface area (Å²) >= 11 is 0. The van der Waals surface area contributed by atoms with Gasteiger partial charge in [-0.2, -0.15) is 5.06 Å². The molecule has 0 saturated heterocycles. The van der Waals surface area contributed by atoms with Crippen molar-refractivity contribution in [2.24, 2.45) is 5.73 Å². The quantitative estimate of drug-likeness (QED) is 0.516. The summed E-state index contributed by atoms with van der Waals surface area (Å²) in [5, 5.41) is 1.13. The van der Waals surface area contributed by atoms with Gasteiger partial charge in [-0.1, -0.05) is 0 Å². The number of nitrogens with zero attached hydrogens (tertiary/aromatic N) is 1. The van der Waals surface area contributed by atoms with Gasteiger partial charge in [0, 0.05) is 6.92 Å². The fourth-order valence-corrected chi connectivity index (χ4v) is 0.829. The third-order valence-corrected chi connectivity index (χ3v) is 1.23. The monoisotopic (exact) mass is 142 g/mol. The maximum atomic E-state index is 10.7. The number of allylic oxidation sites excluding steroid dienone is 1. The number of rotatable bonds is 0. The van der Waals surface area contributed by atoms with Crippen molar-refractivity contribution < 1.29 is 9.63 Å². The summed E-state index contributed by atoms with van der Waals surface area (Å²) < 4.78 is 0. The van der Waals surface area contributed by atoms with Gasteiger partial charge in [0.1, 0.15) is 11.9 Å².